The standard InChI is InChI=1S/C16H12Cl2N2O3/c1-10-15(21)23-20(13-7-5-11(17)6-8-13)16(22)19(10)14-4-2-3-12(18)9-14/h2-10H,1H3. The predicted octanol–water partition coefficient (Wildman–Crippen LogP) is 4.29. The van der Waals surface area contributed by atoms with Crippen LogP contribution in [0.1, 0.15) is 6.92 Å². The third kappa shape index (κ3) is 2.98. The highest BCUT2D eigenvalue weighted by atomic mass is 35.5. The zero-order valence-electron chi connectivity index (χ0n) is 12.1. The Morgan fingerprint density at radius 3 is 2.30 bits per heavy atom. The van der Waals surface area contributed by atoms with Gasteiger partial charge in [-0.3, -0.25) is 4.90 Å². The van der Waals surface area contributed by atoms with E-state index in [9.17, 15) is 9.59 Å². The van der Waals surface area contributed by atoms with Crippen LogP contribution in [-0.2, 0) is 9.63 Å². The summed E-state index contributed by atoms with van der Waals surface area (Å²) in [5, 5.41) is 1.93. The smallest absolute Gasteiger partial charge is 0.329 e. The fourth-order valence-corrected chi connectivity index (χ4v) is 2.58. The van der Waals surface area contributed by atoms with Crippen molar-refractivity contribution < 1.29 is 14.4 Å². The molecule has 1 aliphatic heterocycles. The van der Waals surface area contributed by atoms with Gasteiger partial charge in [0.25, 0.3) is 0 Å². The summed E-state index contributed by atoms with van der Waals surface area (Å²) in [5.74, 6) is -0.542. The van der Waals surface area contributed by atoms with Gasteiger partial charge in [-0.15, -0.1) is 5.06 Å². The van der Waals surface area contributed by atoms with Crippen molar-refractivity contribution in [2.45, 2.75) is 13.0 Å². The number of nitrogens with zero attached hydrogens (tertiary/aromatic N) is 2. The molecular weight excluding hydrogens is 339 g/mol. The number of carbonyl (C=O) groups is 2. The monoisotopic (exact) mass is 350 g/mol. The normalized spacial score (nSPS) is 18.1. The minimum absolute atomic E-state index is 0.409. The zero-order chi connectivity index (χ0) is 16.6. The minimum atomic E-state index is -0.760. The van der Waals surface area contributed by atoms with E-state index >= 15 is 0 Å². The number of hydrogen-bond acceptors (Lipinski definition) is 3. The first-order chi connectivity index (χ1) is 11.0. The van der Waals surface area contributed by atoms with Gasteiger partial charge in [-0.05, 0) is 49.4 Å². The molecule has 23 heavy (non-hydrogen) atoms. The summed E-state index contributed by atoms with van der Waals surface area (Å²) in [7, 11) is 0. The third-order valence-electron chi connectivity index (χ3n) is 3.44. The molecule has 118 valence electrons. The molecule has 2 amide bonds. The van der Waals surface area contributed by atoms with Crippen LogP contribution in [0.25, 0.3) is 0 Å². The summed E-state index contributed by atoms with van der Waals surface area (Å²) >= 11 is 11.8. The number of rotatable bonds is 2. The molecule has 0 aromatic heterocycles. The van der Waals surface area contributed by atoms with E-state index in [0.29, 0.717) is 21.4 Å². The van der Waals surface area contributed by atoms with E-state index in [-0.39, 0.29) is 0 Å². The Bertz CT molecular complexity index is 764. The van der Waals surface area contributed by atoms with Gasteiger partial charge in [0.2, 0.25) is 0 Å². The van der Waals surface area contributed by atoms with Crippen LogP contribution in [-0.4, -0.2) is 18.0 Å². The maximum atomic E-state index is 12.8. The highest BCUT2D eigenvalue weighted by Crippen LogP contribution is 2.29. The van der Waals surface area contributed by atoms with Crippen molar-refractivity contribution in [2.75, 3.05) is 9.96 Å². The van der Waals surface area contributed by atoms with Gasteiger partial charge < -0.3 is 4.84 Å². The van der Waals surface area contributed by atoms with E-state index in [1.807, 2.05) is 0 Å². The molecule has 1 atom stereocenters. The molecule has 0 aliphatic carbocycles. The minimum Gasteiger partial charge on any atom is -0.329 e. The summed E-state index contributed by atoms with van der Waals surface area (Å²) in [6, 6.07) is 11.9. The Kier molecular flexibility index (Phi) is 4.15. The Hall–Kier alpha value is -2.24. The van der Waals surface area contributed by atoms with Gasteiger partial charge in [-0.2, -0.15) is 0 Å². The van der Waals surface area contributed by atoms with Crippen molar-refractivity contribution in [2.24, 2.45) is 0 Å². The second-order valence-electron chi connectivity index (χ2n) is 4.99. The van der Waals surface area contributed by atoms with Gasteiger partial charge in [0.05, 0.1) is 5.69 Å². The number of hydrogen-bond donors (Lipinski definition) is 0. The van der Waals surface area contributed by atoms with Crippen LogP contribution in [0.4, 0.5) is 16.2 Å². The fraction of sp³-hybridized carbons (Fsp3) is 0.125. The zero-order valence-corrected chi connectivity index (χ0v) is 13.6. The molecule has 0 saturated carbocycles. The number of amides is 2. The maximum Gasteiger partial charge on any atom is 0.363 e. The molecule has 2 aromatic carbocycles. The van der Waals surface area contributed by atoms with Gasteiger partial charge in [-0.25, -0.2) is 9.59 Å². The summed E-state index contributed by atoms with van der Waals surface area (Å²) in [6.07, 6.45) is 0. The molecule has 1 unspecified atom stereocenters. The molecule has 0 N–H and O–H groups in total. The van der Waals surface area contributed by atoms with Gasteiger partial charge >= 0.3 is 12.0 Å². The van der Waals surface area contributed by atoms with Crippen LogP contribution in [0.2, 0.25) is 10.0 Å². The first kappa shape index (κ1) is 15.6. The molecule has 0 radical (unpaired) electrons. The Morgan fingerprint density at radius 1 is 0.957 bits per heavy atom. The van der Waals surface area contributed by atoms with Crippen molar-refractivity contribution in [3.8, 4) is 0 Å². The third-order valence-corrected chi connectivity index (χ3v) is 3.92. The molecule has 1 heterocycles. The predicted molar refractivity (Wildman–Crippen MR) is 88.8 cm³/mol. The van der Waals surface area contributed by atoms with Crippen LogP contribution in [0, 0.1) is 0 Å². The Balaban J connectivity index is 2.00. The van der Waals surface area contributed by atoms with Crippen LogP contribution in [0.3, 0.4) is 0 Å². The quantitative estimate of drug-likeness (QED) is 0.811. The van der Waals surface area contributed by atoms with E-state index < -0.39 is 18.0 Å². The summed E-state index contributed by atoms with van der Waals surface area (Å²) < 4.78 is 0. The Labute approximate surface area is 142 Å². The number of hydroxylamine groups is 1. The largest absolute Gasteiger partial charge is 0.363 e. The van der Waals surface area contributed by atoms with E-state index in [4.69, 9.17) is 28.0 Å². The molecule has 2 aromatic rings. The van der Waals surface area contributed by atoms with E-state index in [2.05, 4.69) is 0 Å². The molecule has 1 fully saturated rings. The first-order valence-corrected chi connectivity index (χ1v) is 7.59. The molecule has 7 heteroatoms. The van der Waals surface area contributed by atoms with E-state index in [0.717, 1.165) is 5.06 Å². The second-order valence-corrected chi connectivity index (χ2v) is 5.86. The highest BCUT2D eigenvalue weighted by Gasteiger charge is 2.40. The molecule has 0 spiro atoms. The summed E-state index contributed by atoms with van der Waals surface area (Å²) in [4.78, 5) is 31.4. The molecule has 3 rings (SSSR count). The highest BCUT2D eigenvalue weighted by molar-refractivity contribution is 6.31. The second kappa shape index (κ2) is 6.10. The number of anilines is 2. The lowest BCUT2D eigenvalue weighted by atomic mass is 10.2. The van der Waals surface area contributed by atoms with Crippen molar-refractivity contribution in [3.05, 3.63) is 58.6 Å². The molecule has 5 nitrogen and oxygen atoms in total. The van der Waals surface area contributed by atoms with E-state index in [1.54, 1.807) is 55.5 Å². The molecule has 1 aliphatic rings. The molecular formula is C16H12Cl2N2O3. The van der Waals surface area contributed by atoms with Gasteiger partial charge in [0.1, 0.15) is 6.04 Å². The number of urea groups is 1. The van der Waals surface area contributed by atoms with Crippen molar-refractivity contribution in [1.82, 2.24) is 0 Å². The lowest BCUT2D eigenvalue weighted by Gasteiger charge is -2.37. The van der Waals surface area contributed by atoms with Crippen LogP contribution in [0.15, 0.2) is 48.5 Å². The maximum absolute atomic E-state index is 12.8. The van der Waals surface area contributed by atoms with Crippen molar-refractivity contribution in [3.63, 3.8) is 0 Å². The topological polar surface area (TPSA) is 49.9 Å². The number of benzene rings is 2. The van der Waals surface area contributed by atoms with Crippen LogP contribution >= 0.6 is 23.2 Å². The van der Waals surface area contributed by atoms with Crippen LogP contribution < -0.4 is 9.96 Å². The SMILES string of the molecule is CC1C(=O)ON(c2ccc(Cl)cc2)C(=O)N1c1cccc(Cl)c1. The van der Waals surface area contributed by atoms with E-state index in [1.165, 1.54) is 4.90 Å². The summed E-state index contributed by atoms with van der Waals surface area (Å²) in [5.41, 5.74) is 0.928. The first-order valence-electron chi connectivity index (χ1n) is 6.83. The lowest BCUT2D eigenvalue weighted by Crippen LogP contribution is -2.58. The number of halogens is 2. The average Bonchev–Trinajstić information content (AvgIpc) is 2.52. The average molecular weight is 351 g/mol. The summed E-state index contributed by atoms with van der Waals surface area (Å²) in [6.45, 7) is 1.60. The molecule has 0 bridgehead atoms. The lowest BCUT2D eigenvalue weighted by molar-refractivity contribution is -0.146. The molecule has 1 saturated heterocycles. The van der Waals surface area contributed by atoms with Crippen molar-refractivity contribution in [1.29, 1.82) is 0 Å². The van der Waals surface area contributed by atoms with Gasteiger partial charge in [-0.1, -0.05) is 29.3 Å². The van der Waals surface area contributed by atoms with Crippen LogP contribution in [0.5, 0.6) is 0 Å². The fourth-order valence-electron chi connectivity index (χ4n) is 2.27. The van der Waals surface area contributed by atoms with Gasteiger partial charge in [0, 0.05) is 15.7 Å². The van der Waals surface area contributed by atoms with Crippen molar-refractivity contribution >= 4 is 46.6 Å². The number of carbonyl (C=O) groups excluding carboxylic acids is 2. The Morgan fingerprint density at radius 2 is 1.65 bits per heavy atom. The van der Waals surface area contributed by atoms with Gasteiger partial charge in [0.15, 0.2) is 0 Å².